The first-order chi connectivity index (χ1) is 12.0. The first kappa shape index (κ1) is 17.1. The lowest BCUT2D eigenvalue weighted by molar-refractivity contribution is -0.137. The van der Waals surface area contributed by atoms with Gasteiger partial charge in [0.2, 0.25) is 0 Å². The summed E-state index contributed by atoms with van der Waals surface area (Å²) < 4.78 is 5.58. The van der Waals surface area contributed by atoms with Crippen LogP contribution in [0.5, 0.6) is 0 Å². The van der Waals surface area contributed by atoms with Crippen molar-refractivity contribution in [2.45, 2.75) is 32.4 Å². The number of rotatable bonds is 6. The van der Waals surface area contributed by atoms with E-state index in [9.17, 15) is 9.59 Å². The molecule has 0 spiro atoms. The largest absolute Gasteiger partial charge is 0.481 e. The van der Waals surface area contributed by atoms with E-state index in [2.05, 4.69) is 24.0 Å². The van der Waals surface area contributed by atoms with Crippen LogP contribution in [0.4, 0.5) is 5.69 Å². The minimum absolute atomic E-state index is 0.0774. The van der Waals surface area contributed by atoms with Crippen LogP contribution in [0.15, 0.2) is 41.0 Å². The monoisotopic (exact) mass is 342 g/mol. The molecule has 1 N–H and O–H groups in total. The van der Waals surface area contributed by atoms with Gasteiger partial charge in [-0.1, -0.05) is 18.2 Å². The highest BCUT2D eigenvalue weighted by atomic mass is 16.4. The Morgan fingerprint density at radius 1 is 1.32 bits per heavy atom. The Morgan fingerprint density at radius 3 is 2.84 bits per heavy atom. The molecule has 1 atom stereocenters. The quantitative estimate of drug-likeness (QED) is 0.874. The number of hydrogen-bond donors (Lipinski definition) is 1. The SMILES string of the molecule is CC1Cc2ccccc2N1Cc1occc1C(=O)N(C)CCC(=O)O. The van der Waals surface area contributed by atoms with Gasteiger partial charge in [-0.3, -0.25) is 9.59 Å². The molecule has 1 unspecified atom stereocenters. The van der Waals surface area contributed by atoms with Gasteiger partial charge in [-0.15, -0.1) is 0 Å². The minimum atomic E-state index is -0.922. The van der Waals surface area contributed by atoms with Crippen LogP contribution in [0.1, 0.15) is 35.0 Å². The number of para-hydroxylation sites is 1. The van der Waals surface area contributed by atoms with Crippen LogP contribution in [0, 0.1) is 0 Å². The standard InChI is InChI=1S/C19H22N2O4/c1-13-11-14-5-3-4-6-16(14)21(13)12-17-15(8-10-25-17)19(24)20(2)9-7-18(22)23/h3-6,8,10,13H,7,9,11-12H2,1-2H3,(H,22,23). The number of amides is 1. The number of carboxylic acids is 1. The van der Waals surface area contributed by atoms with E-state index in [0.717, 1.165) is 6.42 Å². The number of benzene rings is 1. The number of fused-ring (bicyclic) bond motifs is 1. The van der Waals surface area contributed by atoms with Crippen LogP contribution in [0.2, 0.25) is 0 Å². The van der Waals surface area contributed by atoms with Crippen molar-refractivity contribution in [3.63, 3.8) is 0 Å². The molecule has 2 aromatic rings. The van der Waals surface area contributed by atoms with Crippen LogP contribution in [0.3, 0.4) is 0 Å². The summed E-state index contributed by atoms with van der Waals surface area (Å²) in [6.45, 7) is 2.84. The summed E-state index contributed by atoms with van der Waals surface area (Å²) in [5.74, 6) is -0.532. The molecule has 1 aliphatic heterocycles. The van der Waals surface area contributed by atoms with Crippen LogP contribution in [-0.4, -0.2) is 41.5 Å². The topological polar surface area (TPSA) is 74.0 Å². The number of carboxylic acid groups (broad SMARTS) is 1. The lowest BCUT2D eigenvalue weighted by Gasteiger charge is -2.24. The molecular formula is C19H22N2O4. The van der Waals surface area contributed by atoms with Gasteiger partial charge in [0.15, 0.2) is 0 Å². The molecule has 0 bridgehead atoms. The molecule has 6 heteroatoms. The summed E-state index contributed by atoms with van der Waals surface area (Å²) in [5.41, 5.74) is 2.96. The number of anilines is 1. The fourth-order valence-electron chi connectivity index (χ4n) is 3.25. The normalized spacial score (nSPS) is 15.9. The summed E-state index contributed by atoms with van der Waals surface area (Å²) in [6.07, 6.45) is 2.41. The Bertz CT molecular complexity index is 783. The average molecular weight is 342 g/mol. The van der Waals surface area contributed by atoms with E-state index >= 15 is 0 Å². The Labute approximate surface area is 146 Å². The fourth-order valence-corrected chi connectivity index (χ4v) is 3.25. The van der Waals surface area contributed by atoms with Crippen LogP contribution >= 0.6 is 0 Å². The molecule has 0 radical (unpaired) electrons. The van der Waals surface area contributed by atoms with Gasteiger partial charge < -0.3 is 19.3 Å². The third kappa shape index (κ3) is 3.52. The molecule has 3 rings (SSSR count). The molecule has 2 heterocycles. The highest BCUT2D eigenvalue weighted by molar-refractivity contribution is 5.95. The molecule has 6 nitrogen and oxygen atoms in total. The van der Waals surface area contributed by atoms with E-state index in [1.54, 1.807) is 13.1 Å². The molecule has 1 aliphatic rings. The van der Waals surface area contributed by atoms with Crippen molar-refractivity contribution in [1.82, 2.24) is 4.90 Å². The lowest BCUT2D eigenvalue weighted by atomic mass is 10.1. The van der Waals surface area contributed by atoms with Gasteiger partial charge in [0, 0.05) is 25.3 Å². The van der Waals surface area contributed by atoms with Gasteiger partial charge in [0.25, 0.3) is 5.91 Å². The minimum Gasteiger partial charge on any atom is -0.481 e. The van der Waals surface area contributed by atoms with Gasteiger partial charge in [0.1, 0.15) is 5.76 Å². The predicted molar refractivity (Wildman–Crippen MR) is 93.7 cm³/mol. The van der Waals surface area contributed by atoms with Crippen molar-refractivity contribution in [2.75, 3.05) is 18.5 Å². The fraction of sp³-hybridized carbons (Fsp3) is 0.368. The van der Waals surface area contributed by atoms with E-state index in [-0.39, 0.29) is 18.9 Å². The maximum Gasteiger partial charge on any atom is 0.305 e. The Balaban J connectivity index is 1.76. The summed E-state index contributed by atoms with van der Waals surface area (Å²) in [7, 11) is 1.61. The molecule has 0 saturated heterocycles. The second-order valence-electron chi connectivity index (χ2n) is 6.44. The van der Waals surface area contributed by atoms with E-state index in [0.29, 0.717) is 23.9 Å². The van der Waals surface area contributed by atoms with Crippen molar-refractivity contribution >= 4 is 17.6 Å². The molecule has 25 heavy (non-hydrogen) atoms. The number of aliphatic carboxylic acids is 1. The van der Waals surface area contributed by atoms with Crippen molar-refractivity contribution < 1.29 is 19.1 Å². The van der Waals surface area contributed by atoms with Crippen LogP contribution < -0.4 is 4.90 Å². The molecule has 1 aromatic carbocycles. The molecular weight excluding hydrogens is 320 g/mol. The number of carbonyl (C=O) groups is 2. The van der Waals surface area contributed by atoms with Crippen LogP contribution in [0.25, 0.3) is 0 Å². The van der Waals surface area contributed by atoms with E-state index in [1.165, 1.54) is 22.4 Å². The zero-order chi connectivity index (χ0) is 18.0. The zero-order valence-electron chi connectivity index (χ0n) is 14.4. The number of furan rings is 1. The number of nitrogens with zero attached hydrogens (tertiary/aromatic N) is 2. The maximum absolute atomic E-state index is 12.6. The highest BCUT2D eigenvalue weighted by Gasteiger charge is 2.28. The summed E-state index contributed by atoms with van der Waals surface area (Å²) in [6, 6.07) is 10.2. The molecule has 0 aliphatic carbocycles. The number of hydrogen-bond acceptors (Lipinski definition) is 4. The lowest BCUT2D eigenvalue weighted by Crippen LogP contribution is -2.32. The van der Waals surface area contributed by atoms with Gasteiger partial charge in [-0.05, 0) is 31.0 Å². The third-order valence-corrected chi connectivity index (χ3v) is 4.65. The van der Waals surface area contributed by atoms with Gasteiger partial charge in [0.05, 0.1) is 24.8 Å². The number of carbonyl (C=O) groups excluding carboxylic acids is 1. The smallest absolute Gasteiger partial charge is 0.305 e. The third-order valence-electron chi connectivity index (χ3n) is 4.65. The molecule has 132 valence electrons. The van der Waals surface area contributed by atoms with Gasteiger partial charge in [-0.2, -0.15) is 0 Å². The Kier molecular flexibility index (Phi) is 4.79. The van der Waals surface area contributed by atoms with Crippen molar-refractivity contribution in [3.8, 4) is 0 Å². The highest BCUT2D eigenvalue weighted by Crippen LogP contribution is 2.33. The first-order valence-corrected chi connectivity index (χ1v) is 8.35. The van der Waals surface area contributed by atoms with E-state index in [1.807, 2.05) is 12.1 Å². The van der Waals surface area contributed by atoms with E-state index in [4.69, 9.17) is 9.52 Å². The van der Waals surface area contributed by atoms with E-state index < -0.39 is 5.97 Å². The molecule has 1 amide bonds. The summed E-state index contributed by atoms with van der Waals surface area (Å²) in [5, 5.41) is 8.78. The van der Waals surface area contributed by atoms with Gasteiger partial charge in [-0.25, -0.2) is 0 Å². The maximum atomic E-state index is 12.6. The second-order valence-corrected chi connectivity index (χ2v) is 6.44. The zero-order valence-corrected chi connectivity index (χ0v) is 14.4. The molecule has 1 aromatic heterocycles. The van der Waals surface area contributed by atoms with Gasteiger partial charge >= 0.3 is 5.97 Å². The van der Waals surface area contributed by atoms with Crippen molar-refractivity contribution in [2.24, 2.45) is 0 Å². The Morgan fingerprint density at radius 2 is 2.08 bits per heavy atom. The molecule has 0 saturated carbocycles. The Hall–Kier alpha value is -2.76. The average Bonchev–Trinajstić information content (AvgIpc) is 3.17. The first-order valence-electron chi connectivity index (χ1n) is 8.35. The van der Waals surface area contributed by atoms with Crippen molar-refractivity contribution in [1.29, 1.82) is 0 Å². The summed E-state index contributed by atoms with van der Waals surface area (Å²) in [4.78, 5) is 27.0. The van der Waals surface area contributed by atoms with Crippen LogP contribution in [-0.2, 0) is 17.8 Å². The second kappa shape index (κ2) is 7.01. The van der Waals surface area contributed by atoms with Crippen molar-refractivity contribution in [3.05, 3.63) is 53.5 Å². The summed E-state index contributed by atoms with van der Waals surface area (Å²) >= 11 is 0. The predicted octanol–water partition coefficient (Wildman–Crippen LogP) is 2.78. The molecule has 0 fully saturated rings.